The van der Waals surface area contributed by atoms with Crippen LogP contribution in [0.4, 0.5) is 5.82 Å². The summed E-state index contributed by atoms with van der Waals surface area (Å²) in [5.74, 6) is 0.868. The Bertz CT molecular complexity index is 1010. The van der Waals surface area contributed by atoms with Gasteiger partial charge in [-0.15, -0.1) is 36.2 Å². The quantitative estimate of drug-likeness (QED) is 0.490. The lowest BCUT2D eigenvalue weighted by atomic mass is 9.99. The van der Waals surface area contributed by atoms with E-state index in [0.29, 0.717) is 16.8 Å². The van der Waals surface area contributed by atoms with Gasteiger partial charge >= 0.3 is 0 Å². The number of nitrogens with one attached hydrogen (secondary N) is 2. The number of hydrogen-bond donors (Lipinski definition) is 2. The molecule has 0 atom stereocenters. The number of carbonyl (C=O) groups excluding carboxylic acids is 1. The smallest absolute Gasteiger partial charge is 0.222 e. The number of nitrogens with zero attached hydrogens (tertiary/aromatic N) is 2. The van der Waals surface area contributed by atoms with Gasteiger partial charge in [0.15, 0.2) is 0 Å². The Labute approximate surface area is 197 Å². The van der Waals surface area contributed by atoms with Crippen LogP contribution in [0.3, 0.4) is 0 Å². The van der Waals surface area contributed by atoms with Crippen LogP contribution in [0.1, 0.15) is 30.7 Å². The third-order valence-electron chi connectivity index (χ3n) is 4.76. The Morgan fingerprint density at radius 2 is 1.93 bits per heavy atom. The molecular weight excluding hydrogens is 463 g/mol. The first kappa shape index (κ1) is 24.6. The zero-order valence-corrected chi connectivity index (χ0v) is 19.6. The Morgan fingerprint density at radius 1 is 1.17 bits per heavy atom. The number of pyridine rings is 1. The van der Waals surface area contributed by atoms with Crippen molar-refractivity contribution in [3.05, 3.63) is 52.6 Å². The fraction of sp³-hybridized carbons (Fsp3) is 0.286. The number of carbonyl (C=O) groups is 1. The second-order valence-electron chi connectivity index (χ2n) is 6.88. The summed E-state index contributed by atoms with van der Waals surface area (Å²) in [5.41, 5.74) is 2.92. The molecule has 1 fully saturated rings. The van der Waals surface area contributed by atoms with E-state index in [1.807, 2.05) is 36.4 Å². The molecule has 0 spiro atoms. The number of thiazole rings is 1. The second-order valence-corrected chi connectivity index (χ2v) is 8.34. The number of hydrogen-bond acceptors (Lipinski definition) is 5. The number of halogens is 3. The highest BCUT2D eigenvalue weighted by molar-refractivity contribution is 7.15. The molecule has 1 amide bonds. The van der Waals surface area contributed by atoms with Gasteiger partial charge < -0.3 is 10.6 Å². The van der Waals surface area contributed by atoms with Gasteiger partial charge in [-0.05, 0) is 55.8 Å². The fourth-order valence-electron chi connectivity index (χ4n) is 3.43. The van der Waals surface area contributed by atoms with Crippen LogP contribution in [0, 0.1) is 0 Å². The van der Waals surface area contributed by atoms with Crippen molar-refractivity contribution in [2.24, 2.45) is 0 Å². The van der Waals surface area contributed by atoms with Crippen LogP contribution in [0.15, 0.2) is 42.6 Å². The molecule has 0 saturated carbocycles. The van der Waals surface area contributed by atoms with Gasteiger partial charge in [-0.25, -0.2) is 9.97 Å². The molecule has 1 saturated heterocycles. The lowest BCUT2D eigenvalue weighted by molar-refractivity contribution is -0.114. The van der Waals surface area contributed by atoms with Crippen molar-refractivity contribution in [1.82, 2.24) is 15.3 Å². The van der Waals surface area contributed by atoms with E-state index >= 15 is 0 Å². The Hall–Kier alpha value is -1.70. The predicted molar refractivity (Wildman–Crippen MR) is 129 cm³/mol. The van der Waals surface area contributed by atoms with Crippen LogP contribution in [0.2, 0.25) is 5.02 Å². The zero-order chi connectivity index (χ0) is 19.5. The Balaban J connectivity index is 0.00000160. The summed E-state index contributed by atoms with van der Waals surface area (Å²) in [4.78, 5) is 21.8. The maximum absolute atomic E-state index is 11.4. The topological polar surface area (TPSA) is 66.9 Å². The molecule has 3 aromatic rings. The maximum Gasteiger partial charge on any atom is 0.222 e. The summed E-state index contributed by atoms with van der Waals surface area (Å²) in [6.07, 6.45) is 3.90. The van der Waals surface area contributed by atoms with Gasteiger partial charge in [0.1, 0.15) is 5.82 Å². The van der Waals surface area contributed by atoms with Crippen molar-refractivity contribution >= 4 is 59.5 Å². The minimum Gasteiger partial charge on any atom is -0.317 e. The molecule has 30 heavy (non-hydrogen) atoms. The molecule has 1 aliphatic rings. The van der Waals surface area contributed by atoms with Crippen molar-refractivity contribution in [2.45, 2.75) is 25.7 Å². The standard InChI is InChI=1S/C21H21ClN4OS.2ClH/c1-13(27)25-18-12-16(7-10-24-18)20-19(15-3-2-4-17(22)11-15)26-21(28-20)14-5-8-23-9-6-14;;/h2-4,7,10-12,14,23H,5-6,8-9H2,1H3,(H,24,25,27);2*1H. The van der Waals surface area contributed by atoms with Crippen LogP contribution < -0.4 is 10.6 Å². The monoisotopic (exact) mass is 484 g/mol. The van der Waals surface area contributed by atoms with Crippen LogP contribution in [0.25, 0.3) is 21.7 Å². The predicted octanol–water partition coefficient (Wildman–Crippen LogP) is 5.79. The molecule has 9 heteroatoms. The summed E-state index contributed by atoms with van der Waals surface area (Å²) in [5, 5.41) is 8.02. The molecule has 1 aromatic carbocycles. The van der Waals surface area contributed by atoms with Crippen molar-refractivity contribution in [2.75, 3.05) is 18.4 Å². The van der Waals surface area contributed by atoms with Crippen molar-refractivity contribution in [1.29, 1.82) is 0 Å². The van der Waals surface area contributed by atoms with Gasteiger partial charge in [0.25, 0.3) is 0 Å². The maximum atomic E-state index is 11.4. The van der Waals surface area contributed by atoms with E-state index in [4.69, 9.17) is 16.6 Å². The summed E-state index contributed by atoms with van der Waals surface area (Å²) in [7, 11) is 0. The average molecular weight is 486 g/mol. The van der Waals surface area contributed by atoms with E-state index in [1.165, 1.54) is 6.92 Å². The molecule has 2 N–H and O–H groups in total. The van der Waals surface area contributed by atoms with E-state index < -0.39 is 0 Å². The molecule has 0 unspecified atom stereocenters. The van der Waals surface area contributed by atoms with E-state index in [9.17, 15) is 4.79 Å². The largest absolute Gasteiger partial charge is 0.317 e. The summed E-state index contributed by atoms with van der Waals surface area (Å²) >= 11 is 7.97. The molecule has 0 radical (unpaired) electrons. The van der Waals surface area contributed by atoms with E-state index in [1.54, 1.807) is 17.5 Å². The van der Waals surface area contributed by atoms with Gasteiger partial charge in [0.05, 0.1) is 15.6 Å². The Kier molecular flexibility index (Phi) is 9.07. The molecule has 0 bridgehead atoms. The van der Waals surface area contributed by atoms with Gasteiger partial charge in [-0.3, -0.25) is 4.79 Å². The third kappa shape index (κ3) is 5.71. The lowest BCUT2D eigenvalue weighted by Crippen LogP contribution is -2.26. The van der Waals surface area contributed by atoms with Crippen LogP contribution in [-0.2, 0) is 4.79 Å². The third-order valence-corrected chi connectivity index (χ3v) is 6.26. The molecule has 4 rings (SSSR count). The van der Waals surface area contributed by atoms with Gasteiger partial charge in [-0.2, -0.15) is 0 Å². The second kappa shape index (κ2) is 11.1. The first-order valence-electron chi connectivity index (χ1n) is 9.31. The average Bonchev–Trinajstić information content (AvgIpc) is 3.14. The number of benzene rings is 1. The van der Waals surface area contributed by atoms with Gasteiger partial charge in [-0.1, -0.05) is 23.7 Å². The summed E-state index contributed by atoms with van der Waals surface area (Å²) < 4.78 is 0. The molecular formula is C21H23Cl3N4OS. The van der Waals surface area contributed by atoms with Crippen molar-refractivity contribution in [3.8, 4) is 21.7 Å². The summed E-state index contributed by atoms with van der Waals surface area (Å²) in [6, 6.07) is 11.6. The van der Waals surface area contributed by atoms with Crippen molar-refractivity contribution in [3.63, 3.8) is 0 Å². The van der Waals surface area contributed by atoms with Crippen molar-refractivity contribution < 1.29 is 4.79 Å². The van der Waals surface area contributed by atoms with Crippen LogP contribution in [-0.4, -0.2) is 29.0 Å². The lowest BCUT2D eigenvalue weighted by Gasteiger charge is -2.20. The minimum atomic E-state index is -0.139. The van der Waals surface area contributed by atoms with Gasteiger partial charge in [0.2, 0.25) is 5.91 Å². The number of amides is 1. The summed E-state index contributed by atoms with van der Waals surface area (Å²) in [6.45, 7) is 3.52. The number of rotatable bonds is 4. The van der Waals surface area contributed by atoms with Crippen LogP contribution in [0.5, 0.6) is 0 Å². The van der Waals surface area contributed by atoms with E-state index in [2.05, 4.69) is 15.6 Å². The molecule has 3 heterocycles. The molecule has 0 aliphatic carbocycles. The van der Waals surface area contributed by atoms with E-state index in [-0.39, 0.29) is 30.7 Å². The fourth-order valence-corrected chi connectivity index (χ4v) is 4.87. The van der Waals surface area contributed by atoms with Crippen LogP contribution >= 0.6 is 47.8 Å². The normalized spacial score (nSPS) is 13.8. The van der Waals surface area contributed by atoms with Gasteiger partial charge in [0, 0.05) is 29.6 Å². The first-order chi connectivity index (χ1) is 13.6. The zero-order valence-electron chi connectivity index (χ0n) is 16.4. The highest BCUT2D eigenvalue weighted by atomic mass is 35.5. The minimum absolute atomic E-state index is 0. The molecule has 160 valence electrons. The molecule has 5 nitrogen and oxygen atoms in total. The van der Waals surface area contributed by atoms with E-state index in [0.717, 1.165) is 52.6 Å². The molecule has 1 aliphatic heterocycles. The number of aromatic nitrogens is 2. The first-order valence-corrected chi connectivity index (χ1v) is 10.5. The highest BCUT2D eigenvalue weighted by Gasteiger charge is 2.23. The number of piperidine rings is 1. The highest BCUT2D eigenvalue weighted by Crippen LogP contribution is 2.41. The molecule has 2 aromatic heterocycles. The Morgan fingerprint density at radius 3 is 2.63 bits per heavy atom. The number of anilines is 1. The SMILES string of the molecule is CC(=O)Nc1cc(-c2sc(C3CCNCC3)nc2-c2cccc(Cl)c2)ccn1.Cl.Cl.